The van der Waals surface area contributed by atoms with Gasteiger partial charge >= 0.3 is 7.67 Å². The van der Waals surface area contributed by atoms with Crippen LogP contribution >= 0.6 is 30.9 Å². The van der Waals surface area contributed by atoms with Gasteiger partial charge in [-0.3, -0.25) is 9.56 Å². The lowest BCUT2D eigenvalue weighted by molar-refractivity contribution is 0.262. The van der Waals surface area contributed by atoms with Crippen LogP contribution in [0, 0.1) is 0 Å². The standard InChI is InChI=1S/C15H33Cl2N4O2P/c1-4-7-11-20-24(22,21(12-9-16)13-10-17)23-14-8-15(18-5-2)19-6-3/h4-14H2,1-3H3,(H,18,19)(H,20,22). The van der Waals surface area contributed by atoms with Gasteiger partial charge in [-0.2, -0.15) is 0 Å². The number of nitrogens with zero attached hydrogens (tertiary/aromatic N) is 2. The number of rotatable bonds is 15. The van der Waals surface area contributed by atoms with Gasteiger partial charge in [-0.15, -0.1) is 23.2 Å². The lowest BCUT2D eigenvalue weighted by Gasteiger charge is -2.30. The Hall–Kier alpha value is 0.160. The Morgan fingerprint density at radius 2 is 1.88 bits per heavy atom. The minimum Gasteiger partial charge on any atom is -0.374 e. The molecule has 0 aliphatic rings. The average Bonchev–Trinajstić information content (AvgIpc) is 2.55. The molecule has 0 rings (SSSR count). The first-order valence-electron chi connectivity index (χ1n) is 8.72. The third kappa shape index (κ3) is 10.2. The Labute approximate surface area is 157 Å². The summed E-state index contributed by atoms with van der Waals surface area (Å²) in [7, 11) is -3.15. The van der Waals surface area contributed by atoms with Crippen molar-refractivity contribution >= 4 is 36.7 Å². The zero-order valence-corrected chi connectivity index (χ0v) is 17.6. The maximum absolute atomic E-state index is 13.3. The van der Waals surface area contributed by atoms with E-state index < -0.39 is 7.67 Å². The molecule has 1 atom stereocenters. The highest BCUT2D eigenvalue weighted by Crippen LogP contribution is 2.46. The second-order valence-corrected chi connectivity index (χ2v) is 8.09. The van der Waals surface area contributed by atoms with Crippen LogP contribution in [0.15, 0.2) is 4.99 Å². The molecule has 0 heterocycles. The third-order valence-electron chi connectivity index (χ3n) is 3.23. The Bertz CT molecular complexity index is 380. The molecule has 2 N–H and O–H groups in total. The molecule has 0 saturated heterocycles. The zero-order valence-electron chi connectivity index (χ0n) is 15.2. The maximum Gasteiger partial charge on any atom is 0.343 e. The van der Waals surface area contributed by atoms with Crippen molar-refractivity contribution in [3.8, 4) is 0 Å². The number of amidine groups is 1. The summed E-state index contributed by atoms with van der Waals surface area (Å²) in [5.74, 6) is 1.63. The normalized spacial score (nSPS) is 14.8. The molecule has 1 unspecified atom stereocenters. The highest BCUT2D eigenvalue weighted by molar-refractivity contribution is 7.54. The van der Waals surface area contributed by atoms with Crippen LogP contribution in [0.2, 0.25) is 0 Å². The molecule has 24 heavy (non-hydrogen) atoms. The Balaban J connectivity index is 4.84. The first-order valence-corrected chi connectivity index (χ1v) is 11.4. The fraction of sp³-hybridized carbons (Fsp3) is 0.933. The van der Waals surface area contributed by atoms with Gasteiger partial charge in [0.2, 0.25) is 0 Å². The van der Waals surface area contributed by atoms with Gasteiger partial charge in [0, 0.05) is 50.9 Å². The van der Waals surface area contributed by atoms with Crippen LogP contribution < -0.4 is 10.4 Å². The molecule has 0 amide bonds. The molecule has 9 heteroatoms. The Kier molecular flexibility index (Phi) is 15.5. The fourth-order valence-corrected chi connectivity index (χ4v) is 4.68. The van der Waals surface area contributed by atoms with Gasteiger partial charge in [-0.1, -0.05) is 13.3 Å². The van der Waals surface area contributed by atoms with Crippen molar-refractivity contribution in [3.63, 3.8) is 0 Å². The molecular weight excluding hydrogens is 370 g/mol. The van der Waals surface area contributed by atoms with E-state index in [9.17, 15) is 4.57 Å². The van der Waals surface area contributed by atoms with Gasteiger partial charge in [0.1, 0.15) is 0 Å². The van der Waals surface area contributed by atoms with Crippen molar-refractivity contribution < 1.29 is 9.09 Å². The van der Waals surface area contributed by atoms with Gasteiger partial charge < -0.3 is 9.84 Å². The lowest BCUT2D eigenvalue weighted by atomic mass is 10.3. The van der Waals surface area contributed by atoms with E-state index in [1.807, 2.05) is 13.8 Å². The average molecular weight is 403 g/mol. The maximum atomic E-state index is 13.3. The Morgan fingerprint density at radius 3 is 2.38 bits per heavy atom. The predicted molar refractivity (Wildman–Crippen MR) is 106 cm³/mol. The van der Waals surface area contributed by atoms with Crippen molar-refractivity contribution in [2.24, 2.45) is 4.99 Å². The molecule has 0 aromatic heterocycles. The largest absolute Gasteiger partial charge is 0.374 e. The molecule has 0 aliphatic carbocycles. The number of hydrogen-bond donors (Lipinski definition) is 2. The summed E-state index contributed by atoms with van der Waals surface area (Å²) in [4.78, 5) is 4.39. The van der Waals surface area contributed by atoms with Crippen LogP contribution in [-0.4, -0.2) is 61.6 Å². The first kappa shape index (κ1) is 24.2. The van der Waals surface area contributed by atoms with Crippen LogP contribution in [0.3, 0.4) is 0 Å². The summed E-state index contributed by atoms with van der Waals surface area (Å²) >= 11 is 11.7. The molecule has 0 aliphatic heterocycles. The van der Waals surface area contributed by atoms with Crippen LogP contribution in [0.5, 0.6) is 0 Å². The van der Waals surface area contributed by atoms with Crippen molar-refractivity contribution in [3.05, 3.63) is 0 Å². The Morgan fingerprint density at radius 1 is 1.21 bits per heavy atom. The minimum atomic E-state index is -3.15. The van der Waals surface area contributed by atoms with Crippen molar-refractivity contribution in [2.45, 2.75) is 40.0 Å². The second kappa shape index (κ2) is 15.4. The van der Waals surface area contributed by atoms with E-state index >= 15 is 0 Å². The number of hydrogen-bond acceptors (Lipinski definition) is 3. The van der Waals surface area contributed by atoms with Crippen LogP contribution in [0.25, 0.3) is 0 Å². The van der Waals surface area contributed by atoms with Gasteiger partial charge in [0.05, 0.1) is 12.4 Å². The molecule has 0 aromatic carbocycles. The van der Waals surface area contributed by atoms with Crippen LogP contribution in [-0.2, 0) is 9.09 Å². The summed E-state index contributed by atoms with van der Waals surface area (Å²) < 4.78 is 20.8. The molecule has 0 aromatic rings. The van der Waals surface area contributed by atoms with Crippen molar-refractivity contribution in [2.75, 3.05) is 51.1 Å². The summed E-state index contributed by atoms with van der Waals surface area (Å²) in [6.07, 6.45) is 2.55. The quantitative estimate of drug-likeness (QED) is 0.144. The molecule has 0 saturated carbocycles. The van der Waals surface area contributed by atoms with Gasteiger partial charge in [0.15, 0.2) is 0 Å². The monoisotopic (exact) mass is 402 g/mol. The SMILES string of the molecule is CCCCNP(=O)(OCCC(=NCC)NCC)N(CCCl)CCCl. The van der Waals surface area contributed by atoms with Crippen molar-refractivity contribution in [1.29, 1.82) is 0 Å². The van der Waals surface area contributed by atoms with Crippen LogP contribution in [0.4, 0.5) is 0 Å². The number of aliphatic imine (C=N–C) groups is 1. The van der Waals surface area contributed by atoms with E-state index in [1.165, 1.54) is 0 Å². The van der Waals surface area contributed by atoms with E-state index in [0.717, 1.165) is 25.2 Å². The second-order valence-electron chi connectivity index (χ2n) is 5.15. The molecule has 0 spiro atoms. The minimum absolute atomic E-state index is 0.323. The van der Waals surface area contributed by atoms with Crippen LogP contribution in [0.1, 0.15) is 40.0 Å². The fourth-order valence-electron chi connectivity index (χ4n) is 2.08. The first-order chi connectivity index (χ1) is 11.6. The van der Waals surface area contributed by atoms with E-state index in [-0.39, 0.29) is 0 Å². The number of halogens is 2. The van der Waals surface area contributed by atoms with E-state index in [1.54, 1.807) is 4.67 Å². The summed E-state index contributed by atoms with van der Waals surface area (Å²) in [5.41, 5.74) is 0. The number of unbranched alkanes of at least 4 members (excludes halogenated alkanes) is 1. The number of nitrogens with one attached hydrogen (secondary N) is 2. The molecule has 0 radical (unpaired) electrons. The molecule has 0 bridgehead atoms. The third-order valence-corrected chi connectivity index (χ3v) is 5.87. The van der Waals surface area contributed by atoms with Crippen molar-refractivity contribution in [1.82, 2.24) is 15.1 Å². The highest BCUT2D eigenvalue weighted by atomic mass is 35.5. The molecule has 0 fully saturated rings. The molecule has 144 valence electrons. The van der Waals surface area contributed by atoms with Gasteiger partial charge in [-0.25, -0.2) is 9.76 Å². The topological polar surface area (TPSA) is 66.0 Å². The number of alkyl halides is 2. The van der Waals surface area contributed by atoms with Gasteiger partial charge in [-0.05, 0) is 20.3 Å². The highest BCUT2D eigenvalue weighted by Gasteiger charge is 2.30. The zero-order chi connectivity index (χ0) is 18.3. The van der Waals surface area contributed by atoms with Gasteiger partial charge in [0.25, 0.3) is 0 Å². The summed E-state index contributed by atoms with van der Waals surface area (Å²) in [6, 6.07) is 0. The summed E-state index contributed by atoms with van der Waals surface area (Å²) in [5, 5.41) is 6.29. The smallest absolute Gasteiger partial charge is 0.343 e. The van der Waals surface area contributed by atoms with E-state index in [0.29, 0.717) is 51.0 Å². The lowest BCUT2D eigenvalue weighted by Crippen LogP contribution is -2.33. The van der Waals surface area contributed by atoms with E-state index in [2.05, 4.69) is 22.3 Å². The van der Waals surface area contributed by atoms with E-state index in [4.69, 9.17) is 27.7 Å². The molecule has 6 nitrogen and oxygen atoms in total. The molecular formula is C15H33Cl2N4O2P. The summed E-state index contributed by atoms with van der Waals surface area (Å²) in [6.45, 7) is 9.49. The predicted octanol–water partition coefficient (Wildman–Crippen LogP) is 3.70.